The molecule has 1 aromatic carbocycles. The second-order valence-corrected chi connectivity index (χ2v) is 4.56. The Morgan fingerprint density at radius 2 is 2.10 bits per heavy atom. The van der Waals surface area contributed by atoms with Crippen molar-refractivity contribution in [1.82, 2.24) is 10.2 Å². The molecular weight excluding hydrogens is 261 g/mol. The molecule has 20 heavy (non-hydrogen) atoms. The summed E-state index contributed by atoms with van der Waals surface area (Å²) in [5.74, 6) is -0.380. The fourth-order valence-electron chi connectivity index (χ4n) is 1.94. The molecule has 0 aliphatic rings. The van der Waals surface area contributed by atoms with Crippen LogP contribution in [0.2, 0.25) is 0 Å². The lowest BCUT2D eigenvalue weighted by Gasteiger charge is -2.26. The number of benzene rings is 1. The van der Waals surface area contributed by atoms with E-state index in [2.05, 4.69) is 5.32 Å². The summed E-state index contributed by atoms with van der Waals surface area (Å²) in [4.78, 5) is 13.6. The van der Waals surface area contributed by atoms with Gasteiger partial charge in [0, 0.05) is 26.2 Å². The molecule has 0 radical (unpaired) electrons. The minimum absolute atomic E-state index is 0.0925. The number of nitrogens with two attached hydrogens (primary N) is 1. The van der Waals surface area contributed by atoms with Gasteiger partial charge >= 0.3 is 0 Å². The van der Waals surface area contributed by atoms with Gasteiger partial charge in [-0.1, -0.05) is 12.1 Å². The molecule has 5 nitrogen and oxygen atoms in total. The zero-order chi connectivity index (χ0) is 15.0. The molecule has 6 heteroatoms. The number of carbonyl (C=O) groups is 1. The summed E-state index contributed by atoms with van der Waals surface area (Å²) in [7, 11) is 3.40. The molecule has 0 heterocycles. The predicted octanol–water partition coefficient (Wildman–Crippen LogP) is 0.520. The summed E-state index contributed by atoms with van der Waals surface area (Å²) in [6, 6.07) is 6.04. The molecule has 0 saturated carbocycles. The van der Waals surface area contributed by atoms with Gasteiger partial charge in [0.25, 0.3) is 0 Å². The fraction of sp³-hybridized carbons (Fsp3) is 0.500. The molecule has 0 fully saturated rings. The van der Waals surface area contributed by atoms with Crippen LogP contribution < -0.4 is 11.1 Å². The molecule has 0 spiro atoms. The van der Waals surface area contributed by atoms with Crippen molar-refractivity contribution in [3.63, 3.8) is 0 Å². The molecule has 1 rings (SSSR count). The van der Waals surface area contributed by atoms with Crippen molar-refractivity contribution in [1.29, 1.82) is 0 Å². The van der Waals surface area contributed by atoms with E-state index in [1.165, 1.54) is 12.1 Å². The van der Waals surface area contributed by atoms with Gasteiger partial charge in [-0.25, -0.2) is 4.39 Å². The van der Waals surface area contributed by atoms with Crippen molar-refractivity contribution in [3.05, 3.63) is 35.6 Å². The summed E-state index contributed by atoms with van der Waals surface area (Å²) in [6.07, 6.45) is 0. The van der Waals surface area contributed by atoms with Crippen molar-refractivity contribution in [2.75, 3.05) is 40.4 Å². The van der Waals surface area contributed by atoms with Crippen LogP contribution in [-0.4, -0.2) is 51.2 Å². The Balaban J connectivity index is 2.56. The number of nitrogens with one attached hydrogen (secondary N) is 1. The summed E-state index contributed by atoms with van der Waals surface area (Å²) < 4.78 is 17.8. The lowest BCUT2D eigenvalue weighted by molar-refractivity contribution is -0.122. The third-order valence-corrected chi connectivity index (χ3v) is 3.03. The molecule has 1 amide bonds. The Labute approximate surface area is 118 Å². The number of halogens is 1. The number of likely N-dealkylation sites (N-methyl/N-ethyl adjacent to an activating group) is 1. The zero-order valence-corrected chi connectivity index (χ0v) is 11.9. The van der Waals surface area contributed by atoms with Crippen LogP contribution >= 0.6 is 0 Å². The summed E-state index contributed by atoms with van der Waals surface area (Å²) in [5.41, 5.74) is 6.64. The quantitative estimate of drug-likeness (QED) is 0.683. The maximum Gasteiger partial charge on any atom is 0.234 e. The second kappa shape index (κ2) is 8.63. The molecule has 1 aromatic rings. The third kappa shape index (κ3) is 5.24. The zero-order valence-electron chi connectivity index (χ0n) is 11.9. The van der Waals surface area contributed by atoms with Gasteiger partial charge in [0.15, 0.2) is 0 Å². The molecule has 3 N–H and O–H groups in total. The van der Waals surface area contributed by atoms with E-state index in [4.69, 9.17) is 10.5 Å². The highest BCUT2D eigenvalue weighted by Gasteiger charge is 2.17. The minimum atomic E-state index is -0.288. The maximum atomic E-state index is 12.9. The largest absolute Gasteiger partial charge is 0.383 e. The maximum absolute atomic E-state index is 12.9. The number of ether oxygens (including phenoxy) is 1. The van der Waals surface area contributed by atoms with Gasteiger partial charge in [0.2, 0.25) is 5.91 Å². The first kappa shape index (κ1) is 16.6. The monoisotopic (exact) mass is 283 g/mol. The van der Waals surface area contributed by atoms with Crippen molar-refractivity contribution >= 4 is 5.91 Å². The molecule has 0 aromatic heterocycles. The summed E-state index contributed by atoms with van der Waals surface area (Å²) >= 11 is 0. The molecule has 0 bridgehead atoms. The number of hydrogen-bond acceptors (Lipinski definition) is 4. The van der Waals surface area contributed by atoms with E-state index in [0.717, 1.165) is 5.56 Å². The van der Waals surface area contributed by atoms with Crippen LogP contribution in [0.1, 0.15) is 11.6 Å². The highest BCUT2D eigenvalue weighted by molar-refractivity contribution is 5.78. The number of methoxy groups -OCH3 is 1. The van der Waals surface area contributed by atoms with Crippen LogP contribution in [0.3, 0.4) is 0 Å². The van der Waals surface area contributed by atoms with Gasteiger partial charge in [-0.3, -0.25) is 9.69 Å². The lowest BCUT2D eigenvalue weighted by Crippen LogP contribution is -2.40. The first-order valence-corrected chi connectivity index (χ1v) is 6.50. The molecule has 0 aliphatic heterocycles. The van der Waals surface area contributed by atoms with E-state index in [9.17, 15) is 9.18 Å². The molecule has 1 atom stereocenters. The highest BCUT2D eigenvalue weighted by atomic mass is 19.1. The average molecular weight is 283 g/mol. The lowest BCUT2D eigenvalue weighted by atomic mass is 10.1. The van der Waals surface area contributed by atoms with Crippen LogP contribution in [0.15, 0.2) is 24.3 Å². The molecule has 112 valence electrons. The summed E-state index contributed by atoms with van der Waals surface area (Å²) in [6.45, 7) is 1.54. The Kier molecular flexibility index (Phi) is 7.14. The van der Waals surface area contributed by atoms with E-state index >= 15 is 0 Å². The summed E-state index contributed by atoms with van der Waals surface area (Å²) in [5, 5.41) is 2.75. The van der Waals surface area contributed by atoms with Gasteiger partial charge in [-0.15, -0.1) is 0 Å². The Morgan fingerprint density at radius 3 is 2.65 bits per heavy atom. The smallest absolute Gasteiger partial charge is 0.234 e. The van der Waals surface area contributed by atoms with Gasteiger partial charge in [0.05, 0.1) is 13.2 Å². The van der Waals surface area contributed by atoms with Crippen LogP contribution in [0.25, 0.3) is 0 Å². The SMILES string of the molecule is COCCNC(=O)CN(C)C(CN)c1ccc(F)cc1. The van der Waals surface area contributed by atoms with Crippen molar-refractivity contribution in [3.8, 4) is 0 Å². The van der Waals surface area contributed by atoms with Gasteiger partial charge < -0.3 is 15.8 Å². The Bertz CT molecular complexity index is 411. The first-order valence-electron chi connectivity index (χ1n) is 6.50. The van der Waals surface area contributed by atoms with Crippen LogP contribution in [0, 0.1) is 5.82 Å². The molecule has 0 aliphatic carbocycles. The Hall–Kier alpha value is -1.50. The first-order chi connectivity index (χ1) is 9.58. The van der Waals surface area contributed by atoms with Crippen LogP contribution in [0.4, 0.5) is 4.39 Å². The number of hydrogen-bond donors (Lipinski definition) is 2. The van der Waals surface area contributed by atoms with Crippen molar-refractivity contribution in [2.45, 2.75) is 6.04 Å². The minimum Gasteiger partial charge on any atom is -0.383 e. The molecular formula is C14H22FN3O2. The van der Waals surface area contributed by atoms with Gasteiger partial charge in [-0.2, -0.15) is 0 Å². The van der Waals surface area contributed by atoms with Crippen LogP contribution in [-0.2, 0) is 9.53 Å². The number of rotatable bonds is 8. The number of amides is 1. The second-order valence-electron chi connectivity index (χ2n) is 4.56. The van der Waals surface area contributed by atoms with Crippen LogP contribution in [0.5, 0.6) is 0 Å². The standard InChI is InChI=1S/C14H22FN3O2/c1-18(10-14(19)17-7-8-20-2)13(9-16)11-3-5-12(15)6-4-11/h3-6,13H,7-10,16H2,1-2H3,(H,17,19). The van der Waals surface area contributed by atoms with E-state index in [1.54, 1.807) is 19.2 Å². The number of nitrogens with zero attached hydrogens (tertiary/aromatic N) is 1. The third-order valence-electron chi connectivity index (χ3n) is 3.03. The predicted molar refractivity (Wildman–Crippen MR) is 75.7 cm³/mol. The van der Waals surface area contributed by atoms with E-state index in [0.29, 0.717) is 19.7 Å². The number of carbonyl (C=O) groups excluding carboxylic acids is 1. The average Bonchev–Trinajstić information content (AvgIpc) is 2.42. The van der Waals surface area contributed by atoms with E-state index in [-0.39, 0.29) is 24.3 Å². The van der Waals surface area contributed by atoms with Crippen molar-refractivity contribution < 1.29 is 13.9 Å². The van der Waals surface area contributed by atoms with Crippen molar-refractivity contribution in [2.24, 2.45) is 5.73 Å². The van der Waals surface area contributed by atoms with E-state index in [1.807, 2.05) is 11.9 Å². The molecule has 1 unspecified atom stereocenters. The van der Waals surface area contributed by atoms with Gasteiger partial charge in [0.1, 0.15) is 5.82 Å². The van der Waals surface area contributed by atoms with Gasteiger partial charge in [-0.05, 0) is 24.7 Å². The van der Waals surface area contributed by atoms with E-state index < -0.39 is 0 Å². The fourth-order valence-corrected chi connectivity index (χ4v) is 1.94. The highest BCUT2D eigenvalue weighted by Crippen LogP contribution is 2.18. The Morgan fingerprint density at radius 1 is 1.45 bits per heavy atom. The molecule has 0 saturated heterocycles. The topological polar surface area (TPSA) is 67.6 Å². The normalized spacial score (nSPS) is 12.4.